The van der Waals surface area contributed by atoms with Gasteiger partial charge in [0.25, 0.3) is 0 Å². The summed E-state index contributed by atoms with van der Waals surface area (Å²) in [4.78, 5) is 12.8. The Morgan fingerprint density at radius 2 is 2.38 bits per heavy atom. The standard InChI is InChI=1S/C9H17NO3/c1-2-3-4-5-10-6-8(7-11)13-9(10)12/h8,11H,2-7H2,1H3. The van der Waals surface area contributed by atoms with Crippen LogP contribution in [0.25, 0.3) is 0 Å². The highest BCUT2D eigenvalue weighted by atomic mass is 16.6. The van der Waals surface area contributed by atoms with Crippen molar-refractivity contribution in [2.45, 2.75) is 32.3 Å². The van der Waals surface area contributed by atoms with Gasteiger partial charge in [0, 0.05) is 6.54 Å². The second kappa shape index (κ2) is 5.07. The molecule has 1 rings (SSSR count). The summed E-state index contributed by atoms with van der Waals surface area (Å²) in [7, 11) is 0. The third-order valence-corrected chi connectivity index (χ3v) is 2.18. The average Bonchev–Trinajstić information content (AvgIpc) is 2.48. The maximum Gasteiger partial charge on any atom is 0.410 e. The Bertz CT molecular complexity index is 172. The molecular formula is C9H17NO3. The van der Waals surface area contributed by atoms with Gasteiger partial charge in [0.2, 0.25) is 0 Å². The Hall–Kier alpha value is -0.770. The maximum absolute atomic E-state index is 11.1. The van der Waals surface area contributed by atoms with Crippen LogP contribution in [-0.4, -0.2) is 41.9 Å². The van der Waals surface area contributed by atoms with Crippen LogP contribution in [-0.2, 0) is 4.74 Å². The number of rotatable bonds is 5. The van der Waals surface area contributed by atoms with E-state index >= 15 is 0 Å². The van der Waals surface area contributed by atoms with Crippen molar-refractivity contribution >= 4 is 6.09 Å². The Morgan fingerprint density at radius 3 is 2.92 bits per heavy atom. The lowest BCUT2D eigenvalue weighted by Gasteiger charge is -2.11. The number of aliphatic hydroxyl groups is 1. The van der Waals surface area contributed by atoms with Gasteiger partial charge in [0.05, 0.1) is 13.2 Å². The minimum Gasteiger partial charge on any atom is -0.442 e. The second-order valence-electron chi connectivity index (χ2n) is 3.34. The maximum atomic E-state index is 11.1. The summed E-state index contributed by atoms with van der Waals surface area (Å²) in [5, 5.41) is 8.77. The topological polar surface area (TPSA) is 49.8 Å². The van der Waals surface area contributed by atoms with Gasteiger partial charge in [-0.2, -0.15) is 0 Å². The lowest BCUT2D eigenvalue weighted by molar-refractivity contribution is 0.0947. The van der Waals surface area contributed by atoms with Crippen LogP contribution in [0.3, 0.4) is 0 Å². The molecule has 0 saturated carbocycles. The molecule has 1 aliphatic rings. The third kappa shape index (κ3) is 2.88. The molecule has 4 nitrogen and oxygen atoms in total. The number of amides is 1. The molecular weight excluding hydrogens is 170 g/mol. The molecule has 1 N–H and O–H groups in total. The molecule has 0 radical (unpaired) electrons. The first-order valence-electron chi connectivity index (χ1n) is 4.84. The van der Waals surface area contributed by atoms with Gasteiger partial charge in [-0.1, -0.05) is 19.8 Å². The van der Waals surface area contributed by atoms with E-state index in [4.69, 9.17) is 9.84 Å². The van der Waals surface area contributed by atoms with Crippen molar-refractivity contribution in [3.8, 4) is 0 Å². The number of carbonyl (C=O) groups is 1. The summed E-state index contributed by atoms with van der Waals surface area (Å²) in [6, 6.07) is 0. The van der Waals surface area contributed by atoms with Crippen LogP contribution >= 0.6 is 0 Å². The van der Waals surface area contributed by atoms with E-state index in [2.05, 4.69) is 6.92 Å². The summed E-state index contributed by atoms with van der Waals surface area (Å²) in [5.41, 5.74) is 0. The highest BCUT2D eigenvalue weighted by Crippen LogP contribution is 2.11. The van der Waals surface area contributed by atoms with Crippen LogP contribution in [0.15, 0.2) is 0 Å². The minimum atomic E-state index is -0.311. The fraction of sp³-hybridized carbons (Fsp3) is 0.889. The molecule has 1 unspecified atom stereocenters. The molecule has 1 saturated heterocycles. The number of hydrogen-bond donors (Lipinski definition) is 1. The molecule has 0 bridgehead atoms. The quantitative estimate of drug-likeness (QED) is 0.653. The average molecular weight is 187 g/mol. The summed E-state index contributed by atoms with van der Waals surface area (Å²) in [6.45, 7) is 3.34. The van der Waals surface area contributed by atoms with Crippen molar-refractivity contribution in [1.82, 2.24) is 4.90 Å². The van der Waals surface area contributed by atoms with Crippen molar-refractivity contribution in [3.05, 3.63) is 0 Å². The molecule has 13 heavy (non-hydrogen) atoms. The normalized spacial score (nSPS) is 22.2. The SMILES string of the molecule is CCCCCN1CC(CO)OC1=O. The number of ether oxygens (including phenoxy) is 1. The van der Waals surface area contributed by atoms with Gasteiger partial charge in [0.15, 0.2) is 0 Å². The largest absolute Gasteiger partial charge is 0.442 e. The molecule has 0 aliphatic carbocycles. The molecule has 1 fully saturated rings. The van der Waals surface area contributed by atoms with Crippen molar-refractivity contribution in [3.63, 3.8) is 0 Å². The van der Waals surface area contributed by atoms with Crippen LogP contribution < -0.4 is 0 Å². The number of aliphatic hydroxyl groups excluding tert-OH is 1. The van der Waals surface area contributed by atoms with Gasteiger partial charge in [-0.25, -0.2) is 4.79 Å². The van der Waals surface area contributed by atoms with Gasteiger partial charge in [0.1, 0.15) is 6.10 Å². The van der Waals surface area contributed by atoms with Crippen molar-refractivity contribution in [1.29, 1.82) is 0 Å². The number of hydrogen-bond acceptors (Lipinski definition) is 3. The monoisotopic (exact) mass is 187 g/mol. The Kier molecular flexibility index (Phi) is 4.02. The highest BCUT2D eigenvalue weighted by molar-refractivity contribution is 5.69. The van der Waals surface area contributed by atoms with Crippen molar-refractivity contribution < 1.29 is 14.6 Å². The van der Waals surface area contributed by atoms with Crippen LogP contribution in [0.4, 0.5) is 4.79 Å². The Morgan fingerprint density at radius 1 is 1.62 bits per heavy atom. The van der Waals surface area contributed by atoms with Crippen LogP contribution in [0.5, 0.6) is 0 Å². The third-order valence-electron chi connectivity index (χ3n) is 2.18. The lowest BCUT2D eigenvalue weighted by Crippen LogP contribution is -2.26. The summed E-state index contributed by atoms with van der Waals surface area (Å²) < 4.78 is 4.89. The zero-order valence-corrected chi connectivity index (χ0v) is 8.03. The molecule has 1 aliphatic heterocycles. The Labute approximate surface area is 78.5 Å². The summed E-state index contributed by atoms with van der Waals surface area (Å²) >= 11 is 0. The smallest absolute Gasteiger partial charge is 0.410 e. The van der Waals surface area contributed by atoms with Crippen LogP contribution in [0.2, 0.25) is 0 Å². The number of nitrogens with zero attached hydrogens (tertiary/aromatic N) is 1. The van der Waals surface area contributed by atoms with Crippen molar-refractivity contribution in [2.24, 2.45) is 0 Å². The molecule has 1 atom stereocenters. The van der Waals surface area contributed by atoms with E-state index in [9.17, 15) is 4.79 Å². The Balaban J connectivity index is 2.23. The van der Waals surface area contributed by atoms with Gasteiger partial charge in [-0.3, -0.25) is 0 Å². The molecule has 76 valence electrons. The molecule has 1 heterocycles. The number of unbranched alkanes of at least 4 members (excludes halogenated alkanes) is 2. The molecule has 0 spiro atoms. The first kappa shape index (κ1) is 10.3. The molecule has 4 heteroatoms. The summed E-state index contributed by atoms with van der Waals surface area (Å²) in [5.74, 6) is 0. The summed E-state index contributed by atoms with van der Waals surface area (Å²) in [6.07, 6.45) is 2.70. The van der Waals surface area contributed by atoms with Crippen LogP contribution in [0.1, 0.15) is 26.2 Å². The molecule has 0 aromatic heterocycles. The zero-order valence-electron chi connectivity index (χ0n) is 8.03. The van der Waals surface area contributed by atoms with E-state index in [1.54, 1.807) is 4.90 Å². The van der Waals surface area contributed by atoms with Gasteiger partial charge >= 0.3 is 6.09 Å². The zero-order chi connectivity index (χ0) is 9.68. The van der Waals surface area contributed by atoms with E-state index < -0.39 is 0 Å². The lowest BCUT2D eigenvalue weighted by atomic mass is 10.2. The van der Waals surface area contributed by atoms with Crippen molar-refractivity contribution in [2.75, 3.05) is 19.7 Å². The first-order valence-corrected chi connectivity index (χ1v) is 4.84. The first-order chi connectivity index (χ1) is 6.27. The predicted molar refractivity (Wildman–Crippen MR) is 48.5 cm³/mol. The number of cyclic esters (lactones) is 1. The van der Waals surface area contributed by atoms with E-state index in [0.29, 0.717) is 6.54 Å². The van der Waals surface area contributed by atoms with E-state index in [1.807, 2.05) is 0 Å². The van der Waals surface area contributed by atoms with E-state index in [-0.39, 0.29) is 18.8 Å². The fourth-order valence-corrected chi connectivity index (χ4v) is 1.40. The fourth-order valence-electron chi connectivity index (χ4n) is 1.40. The molecule has 0 aromatic carbocycles. The predicted octanol–water partition coefficient (Wildman–Crippen LogP) is 0.990. The highest BCUT2D eigenvalue weighted by Gasteiger charge is 2.29. The molecule has 0 aromatic rings. The second-order valence-corrected chi connectivity index (χ2v) is 3.34. The van der Waals surface area contributed by atoms with Gasteiger partial charge in [-0.15, -0.1) is 0 Å². The van der Waals surface area contributed by atoms with Crippen LogP contribution in [0, 0.1) is 0 Å². The van der Waals surface area contributed by atoms with E-state index in [1.165, 1.54) is 0 Å². The molecule has 1 amide bonds. The van der Waals surface area contributed by atoms with Gasteiger partial charge in [-0.05, 0) is 6.42 Å². The van der Waals surface area contributed by atoms with E-state index in [0.717, 1.165) is 25.8 Å². The minimum absolute atomic E-state index is 0.0734. The van der Waals surface area contributed by atoms with Gasteiger partial charge < -0.3 is 14.7 Å². The number of carbonyl (C=O) groups excluding carboxylic acids is 1.